The summed E-state index contributed by atoms with van der Waals surface area (Å²) in [4.78, 5) is 0. The lowest BCUT2D eigenvalue weighted by Crippen LogP contribution is -2.47. The second-order valence-electron chi connectivity index (χ2n) is 5.90. The smallest absolute Gasteiger partial charge is 0.402 e. The van der Waals surface area contributed by atoms with Crippen molar-refractivity contribution in [2.45, 2.75) is 51.7 Å². The average Bonchev–Trinajstić information content (AvgIpc) is 2.34. The van der Waals surface area contributed by atoms with E-state index in [1.165, 1.54) is 6.07 Å². The minimum absolute atomic E-state index is 0.0148. The van der Waals surface area contributed by atoms with Crippen molar-refractivity contribution in [3.05, 3.63) is 35.4 Å². The lowest BCUT2D eigenvalue weighted by atomic mass is 9.89. The van der Waals surface area contributed by atoms with Crippen LogP contribution < -0.4 is 0 Å². The van der Waals surface area contributed by atoms with Crippen molar-refractivity contribution in [2.75, 3.05) is 0 Å². The van der Waals surface area contributed by atoms with Crippen molar-refractivity contribution < 1.29 is 38.1 Å². The van der Waals surface area contributed by atoms with Crippen molar-refractivity contribution in [3.8, 4) is 0 Å². The van der Waals surface area contributed by atoms with E-state index in [9.17, 15) is 18.3 Å². The van der Waals surface area contributed by atoms with Gasteiger partial charge in [0.15, 0.2) is 0 Å². The van der Waals surface area contributed by atoms with Crippen LogP contribution in [-0.2, 0) is 17.5 Å². The zero-order valence-electron chi connectivity index (χ0n) is 13.4. The Morgan fingerprint density at radius 2 is 1.52 bits per heavy atom. The van der Waals surface area contributed by atoms with Crippen LogP contribution in [0.15, 0.2) is 24.3 Å². The Labute approximate surface area is 133 Å². The highest BCUT2D eigenvalue weighted by molar-refractivity contribution is 6.30. The summed E-state index contributed by atoms with van der Waals surface area (Å²) in [6.07, 6.45) is -4.36. The monoisotopic (exact) mass is 338 g/mol. The van der Waals surface area contributed by atoms with Crippen LogP contribution in [0.2, 0.25) is 0 Å². The number of rotatable bonds is 4. The van der Waals surface area contributed by atoms with Crippen molar-refractivity contribution in [3.63, 3.8) is 0 Å². The Bertz CT molecular complexity index is 481. The average molecular weight is 338 g/mol. The van der Waals surface area contributed by atoms with E-state index in [2.05, 4.69) is 0 Å². The zero-order valence-corrected chi connectivity index (χ0v) is 13.4. The Hall–Kier alpha value is -1.13. The Kier molecular flexibility index (Phi) is 7.72. The molecular weight excluding hydrogens is 316 g/mol. The predicted molar refractivity (Wildman–Crippen MR) is 79.0 cm³/mol. The van der Waals surface area contributed by atoms with Crippen LogP contribution in [0.3, 0.4) is 0 Å². The molecule has 0 radical (unpaired) electrons. The van der Waals surface area contributed by atoms with Gasteiger partial charge in [0.2, 0.25) is 0 Å². The summed E-state index contributed by atoms with van der Waals surface area (Å²) in [5, 5.41) is 31.4. The molecule has 1 aromatic carbocycles. The molecule has 1 rings (SSSR count). The first-order chi connectivity index (χ1) is 10.2. The summed E-state index contributed by atoms with van der Waals surface area (Å²) < 4.78 is 43.2. The molecule has 23 heavy (non-hydrogen) atoms. The number of hydrogen-bond acceptors (Lipinski definition) is 5. The van der Waals surface area contributed by atoms with Crippen molar-refractivity contribution in [1.82, 2.24) is 0 Å². The minimum atomic E-state index is -4.36. The van der Waals surface area contributed by atoms with E-state index >= 15 is 0 Å². The largest absolute Gasteiger partial charge is 0.631 e. The fourth-order valence-electron chi connectivity index (χ4n) is 1.28. The quantitative estimate of drug-likeness (QED) is 0.628. The molecule has 0 unspecified atom stereocenters. The molecule has 0 amide bonds. The van der Waals surface area contributed by atoms with E-state index in [-0.39, 0.29) is 6.61 Å². The Morgan fingerprint density at radius 1 is 1.04 bits per heavy atom. The van der Waals surface area contributed by atoms with E-state index in [0.29, 0.717) is 5.56 Å². The molecule has 0 heterocycles. The van der Waals surface area contributed by atoms with Gasteiger partial charge in [-0.3, -0.25) is 0 Å². The molecular formula is C14H22BF3O5. The number of alkyl halides is 3. The van der Waals surface area contributed by atoms with Crippen LogP contribution >= 0.6 is 0 Å². The third-order valence-electron chi connectivity index (χ3n) is 3.33. The van der Waals surface area contributed by atoms with E-state index in [0.717, 1.165) is 12.1 Å². The fourth-order valence-corrected chi connectivity index (χ4v) is 1.28. The highest BCUT2D eigenvalue weighted by Crippen LogP contribution is 2.31. The summed E-state index contributed by atoms with van der Waals surface area (Å²) >= 11 is 0. The van der Waals surface area contributed by atoms with Crippen molar-refractivity contribution in [1.29, 1.82) is 0 Å². The molecule has 9 heteroatoms. The molecule has 0 saturated heterocycles. The maximum atomic E-state index is 12.6. The molecule has 0 spiro atoms. The predicted octanol–water partition coefficient (Wildman–Crippen LogP) is 1.72. The van der Waals surface area contributed by atoms with Crippen LogP contribution in [0.5, 0.6) is 0 Å². The third-order valence-corrected chi connectivity index (χ3v) is 3.33. The SMILES string of the molecule is CC(C)(O)C(C)(C)OCc1cccc(C(F)(F)F)c1.OB(O)O. The Morgan fingerprint density at radius 3 is 1.91 bits per heavy atom. The van der Waals surface area contributed by atoms with Crippen molar-refractivity contribution in [2.24, 2.45) is 0 Å². The minimum Gasteiger partial charge on any atom is -0.402 e. The van der Waals surface area contributed by atoms with E-state index in [1.54, 1.807) is 33.8 Å². The van der Waals surface area contributed by atoms with Gasteiger partial charge in [-0.2, -0.15) is 13.2 Å². The number of hydrogen-bond donors (Lipinski definition) is 4. The summed E-state index contributed by atoms with van der Waals surface area (Å²) in [6, 6.07) is 4.99. The normalized spacial score (nSPS) is 12.5. The van der Waals surface area contributed by atoms with E-state index in [1.807, 2.05) is 0 Å². The summed E-state index contributed by atoms with van der Waals surface area (Å²) in [5.41, 5.74) is -2.22. The molecule has 0 aliphatic heterocycles. The van der Waals surface area contributed by atoms with Crippen LogP contribution in [0.4, 0.5) is 13.2 Å². The highest BCUT2D eigenvalue weighted by atomic mass is 19.4. The van der Waals surface area contributed by atoms with Gasteiger partial charge < -0.3 is 24.9 Å². The highest BCUT2D eigenvalue weighted by Gasteiger charge is 2.36. The van der Waals surface area contributed by atoms with Gasteiger partial charge in [0.25, 0.3) is 0 Å². The molecule has 0 aliphatic rings. The van der Waals surface area contributed by atoms with Gasteiger partial charge in [0.1, 0.15) is 0 Å². The van der Waals surface area contributed by atoms with Gasteiger partial charge in [-0.05, 0) is 45.4 Å². The number of ether oxygens (including phenoxy) is 1. The van der Waals surface area contributed by atoms with Gasteiger partial charge in [-0.15, -0.1) is 0 Å². The topological polar surface area (TPSA) is 90.2 Å². The number of halogens is 3. The Balaban J connectivity index is 0.00000108. The van der Waals surface area contributed by atoms with E-state index < -0.39 is 30.3 Å². The van der Waals surface area contributed by atoms with Crippen LogP contribution in [0.1, 0.15) is 38.8 Å². The summed E-state index contributed by atoms with van der Waals surface area (Å²) in [7, 11) is -2.17. The molecule has 4 N–H and O–H groups in total. The molecule has 0 saturated carbocycles. The maximum Gasteiger partial charge on any atom is 0.631 e. The second kappa shape index (κ2) is 8.12. The van der Waals surface area contributed by atoms with E-state index in [4.69, 9.17) is 19.8 Å². The molecule has 0 aliphatic carbocycles. The molecule has 0 aromatic heterocycles. The van der Waals surface area contributed by atoms with Crippen LogP contribution in [-0.4, -0.2) is 38.7 Å². The first kappa shape index (κ1) is 21.9. The number of aliphatic hydroxyl groups is 1. The van der Waals surface area contributed by atoms with Gasteiger partial charge in [-0.25, -0.2) is 0 Å². The lowest BCUT2D eigenvalue weighted by molar-refractivity contribution is -0.154. The molecule has 0 atom stereocenters. The second-order valence-corrected chi connectivity index (χ2v) is 5.90. The standard InChI is InChI=1S/C14H19F3O2.BH3O3/c1-12(2,18)13(3,4)19-9-10-6-5-7-11(8-10)14(15,16)17;2-1(3)4/h5-8,18H,9H2,1-4H3;2-4H. The van der Waals surface area contributed by atoms with Gasteiger partial charge >= 0.3 is 13.5 Å². The molecule has 0 bridgehead atoms. The number of benzene rings is 1. The maximum absolute atomic E-state index is 12.6. The van der Waals surface area contributed by atoms with Crippen LogP contribution in [0.25, 0.3) is 0 Å². The van der Waals surface area contributed by atoms with Gasteiger partial charge in [0, 0.05) is 0 Å². The first-order valence-electron chi connectivity index (χ1n) is 6.73. The van der Waals surface area contributed by atoms with Crippen LogP contribution in [0, 0.1) is 0 Å². The third kappa shape index (κ3) is 8.33. The van der Waals surface area contributed by atoms with Gasteiger partial charge in [0.05, 0.1) is 23.4 Å². The first-order valence-corrected chi connectivity index (χ1v) is 6.73. The molecule has 0 fully saturated rings. The molecule has 5 nitrogen and oxygen atoms in total. The summed E-state index contributed by atoms with van der Waals surface area (Å²) in [6.45, 7) is 6.60. The molecule has 132 valence electrons. The molecule has 1 aromatic rings. The fraction of sp³-hybridized carbons (Fsp3) is 0.571. The zero-order chi connectivity index (χ0) is 18.5. The van der Waals surface area contributed by atoms with Crippen molar-refractivity contribution >= 4 is 7.32 Å². The lowest BCUT2D eigenvalue weighted by Gasteiger charge is -2.37. The summed E-state index contributed by atoms with van der Waals surface area (Å²) in [5.74, 6) is 0. The van der Waals surface area contributed by atoms with Gasteiger partial charge in [-0.1, -0.05) is 12.1 Å².